The van der Waals surface area contributed by atoms with Crippen LogP contribution in [0.25, 0.3) is 0 Å². The van der Waals surface area contributed by atoms with Gasteiger partial charge in [-0.1, -0.05) is 31.7 Å². The molecular weight excluding hydrogens is 332 g/mol. The number of hydrogen-bond donors (Lipinski definition) is 1. The van der Waals surface area contributed by atoms with Crippen LogP contribution in [0.5, 0.6) is 0 Å². The Balaban J connectivity index is 1.98. The van der Waals surface area contributed by atoms with Gasteiger partial charge in [-0.3, -0.25) is 14.9 Å². The van der Waals surface area contributed by atoms with E-state index in [0.29, 0.717) is 23.3 Å². The molecule has 1 amide bonds. The summed E-state index contributed by atoms with van der Waals surface area (Å²) in [5.74, 6) is 0.220. The van der Waals surface area contributed by atoms with Crippen molar-refractivity contribution < 1.29 is 9.72 Å². The molecule has 10 heteroatoms. The van der Waals surface area contributed by atoms with Gasteiger partial charge in [-0.2, -0.15) is 0 Å². The van der Waals surface area contributed by atoms with E-state index < -0.39 is 4.92 Å². The SMILES string of the molecule is Cc1ccc([N+](=O)[O-])cc1NC(=O)CSc1nnnn1CC(C)C. The Bertz CT molecular complexity index is 746. The second kappa shape index (κ2) is 7.86. The topological polar surface area (TPSA) is 116 Å². The van der Waals surface area contributed by atoms with Crippen molar-refractivity contribution in [3.8, 4) is 0 Å². The number of aryl methyl sites for hydroxylation is 1. The number of rotatable bonds is 7. The zero-order valence-electron chi connectivity index (χ0n) is 13.6. The summed E-state index contributed by atoms with van der Waals surface area (Å²) in [5.41, 5.74) is 1.12. The van der Waals surface area contributed by atoms with E-state index in [9.17, 15) is 14.9 Å². The van der Waals surface area contributed by atoms with Crippen LogP contribution in [0.15, 0.2) is 23.4 Å². The molecule has 2 rings (SSSR count). The predicted molar refractivity (Wildman–Crippen MR) is 89.8 cm³/mol. The third-order valence-electron chi connectivity index (χ3n) is 3.08. The van der Waals surface area contributed by atoms with Gasteiger partial charge in [0.2, 0.25) is 11.1 Å². The monoisotopic (exact) mass is 350 g/mol. The average molecular weight is 350 g/mol. The summed E-state index contributed by atoms with van der Waals surface area (Å²) in [5, 5.41) is 25.5. The van der Waals surface area contributed by atoms with E-state index in [-0.39, 0.29) is 17.3 Å². The largest absolute Gasteiger partial charge is 0.325 e. The lowest BCUT2D eigenvalue weighted by Gasteiger charge is -2.09. The first kappa shape index (κ1) is 17.9. The van der Waals surface area contributed by atoms with E-state index >= 15 is 0 Å². The molecule has 0 saturated heterocycles. The first-order valence-electron chi connectivity index (χ1n) is 7.30. The molecule has 1 aromatic carbocycles. The third kappa shape index (κ3) is 4.75. The number of carbonyl (C=O) groups is 1. The van der Waals surface area contributed by atoms with E-state index in [4.69, 9.17) is 0 Å². The molecule has 0 aliphatic heterocycles. The zero-order valence-corrected chi connectivity index (χ0v) is 14.4. The molecule has 9 nitrogen and oxygen atoms in total. The Morgan fingerprint density at radius 1 is 1.46 bits per heavy atom. The van der Waals surface area contributed by atoms with Crippen LogP contribution in [0.4, 0.5) is 11.4 Å². The van der Waals surface area contributed by atoms with E-state index in [1.165, 1.54) is 23.9 Å². The first-order valence-corrected chi connectivity index (χ1v) is 8.29. The molecule has 2 aromatic rings. The molecule has 0 aliphatic carbocycles. The lowest BCUT2D eigenvalue weighted by Crippen LogP contribution is -2.16. The molecule has 1 N–H and O–H groups in total. The molecule has 24 heavy (non-hydrogen) atoms. The summed E-state index contributed by atoms with van der Waals surface area (Å²) >= 11 is 1.22. The number of non-ortho nitro benzene ring substituents is 1. The molecule has 0 aliphatic rings. The Morgan fingerprint density at radius 3 is 2.88 bits per heavy atom. The number of thioether (sulfide) groups is 1. The summed E-state index contributed by atoms with van der Waals surface area (Å²) in [6.07, 6.45) is 0. The van der Waals surface area contributed by atoms with E-state index in [2.05, 4.69) is 20.8 Å². The third-order valence-corrected chi connectivity index (χ3v) is 4.03. The second-order valence-electron chi connectivity index (χ2n) is 5.63. The molecule has 0 spiro atoms. The van der Waals surface area contributed by atoms with Gasteiger partial charge in [0.15, 0.2) is 0 Å². The maximum atomic E-state index is 12.1. The fraction of sp³-hybridized carbons (Fsp3) is 0.429. The molecule has 128 valence electrons. The van der Waals surface area contributed by atoms with Crippen molar-refractivity contribution in [2.75, 3.05) is 11.1 Å². The molecule has 0 bridgehead atoms. The van der Waals surface area contributed by atoms with Crippen LogP contribution in [0.3, 0.4) is 0 Å². The van der Waals surface area contributed by atoms with Crippen LogP contribution in [0.1, 0.15) is 19.4 Å². The van der Waals surface area contributed by atoms with Crippen molar-refractivity contribution in [2.24, 2.45) is 5.92 Å². The maximum Gasteiger partial charge on any atom is 0.271 e. The van der Waals surface area contributed by atoms with Gasteiger partial charge in [0, 0.05) is 18.7 Å². The van der Waals surface area contributed by atoms with Gasteiger partial charge in [-0.05, 0) is 28.8 Å². The quantitative estimate of drug-likeness (QED) is 0.462. The molecule has 1 heterocycles. The molecule has 0 fully saturated rings. The number of benzene rings is 1. The number of nitrogens with zero attached hydrogens (tertiary/aromatic N) is 5. The Kier molecular flexibility index (Phi) is 5.85. The highest BCUT2D eigenvalue weighted by molar-refractivity contribution is 7.99. The number of aromatic nitrogens is 4. The van der Waals surface area contributed by atoms with Crippen LogP contribution in [-0.2, 0) is 11.3 Å². The van der Waals surface area contributed by atoms with Gasteiger partial charge in [-0.15, -0.1) is 5.10 Å². The number of amides is 1. The second-order valence-corrected chi connectivity index (χ2v) is 6.57. The number of hydrogen-bond acceptors (Lipinski definition) is 7. The molecule has 0 unspecified atom stereocenters. The van der Waals surface area contributed by atoms with E-state index in [1.54, 1.807) is 17.7 Å². The minimum absolute atomic E-state index is 0.0653. The number of tetrazole rings is 1. The van der Waals surface area contributed by atoms with Crippen LogP contribution in [0, 0.1) is 23.0 Å². The van der Waals surface area contributed by atoms with Crippen LogP contribution in [0.2, 0.25) is 0 Å². The number of nitro benzene ring substituents is 1. The molecule has 0 saturated carbocycles. The van der Waals surface area contributed by atoms with Gasteiger partial charge >= 0.3 is 0 Å². The van der Waals surface area contributed by atoms with Crippen molar-refractivity contribution in [1.29, 1.82) is 0 Å². The molecular formula is C14H18N6O3S. The summed E-state index contributed by atoms with van der Waals surface area (Å²) < 4.78 is 1.65. The smallest absolute Gasteiger partial charge is 0.271 e. The summed E-state index contributed by atoms with van der Waals surface area (Å²) in [6.45, 7) is 6.54. The predicted octanol–water partition coefficient (Wildman–Crippen LogP) is 2.28. The standard InChI is InChI=1S/C14H18N6O3S/c1-9(2)7-19-14(16-17-18-19)24-8-13(21)15-12-6-11(20(22)23)5-4-10(12)3/h4-6,9H,7-8H2,1-3H3,(H,15,21). The number of nitro groups is 1. The Hall–Kier alpha value is -2.49. The zero-order chi connectivity index (χ0) is 17.7. The normalized spacial score (nSPS) is 10.8. The highest BCUT2D eigenvalue weighted by Crippen LogP contribution is 2.22. The van der Waals surface area contributed by atoms with Crippen molar-refractivity contribution >= 4 is 29.0 Å². The van der Waals surface area contributed by atoms with Crippen molar-refractivity contribution in [1.82, 2.24) is 20.2 Å². The number of carbonyl (C=O) groups excluding carboxylic acids is 1. The highest BCUT2D eigenvalue weighted by atomic mass is 32.2. The average Bonchev–Trinajstić information content (AvgIpc) is 2.93. The van der Waals surface area contributed by atoms with Gasteiger partial charge in [0.05, 0.1) is 16.4 Å². The molecule has 0 atom stereocenters. The van der Waals surface area contributed by atoms with Crippen molar-refractivity contribution in [3.05, 3.63) is 33.9 Å². The Labute approximate surface area is 143 Å². The lowest BCUT2D eigenvalue weighted by atomic mass is 10.2. The fourth-order valence-electron chi connectivity index (χ4n) is 1.93. The minimum Gasteiger partial charge on any atom is -0.325 e. The van der Waals surface area contributed by atoms with Crippen LogP contribution < -0.4 is 5.32 Å². The Morgan fingerprint density at radius 2 is 2.21 bits per heavy atom. The minimum atomic E-state index is -0.496. The number of anilines is 1. The summed E-state index contributed by atoms with van der Waals surface area (Å²) in [6, 6.07) is 4.35. The fourth-order valence-corrected chi connectivity index (χ4v) is 2.62. The van der Waals surface area contributed by atoms with E-state index in [0.717, 1.165) is 5.56 Å². The summed E-state index contributed by atoms with van der Waals surface area (Å²) in [4.78, 5) is 22.4. The van der Waals surface area contributed by atoms with Gasteiger partial charge in [-0.25, -0.2) is 4.68 Å². The molecule has 1 aromatic heterocycles. The van der Waals surface area contributed by atoms with Gasteiger partial charge < -0.3 is 5.32 Å². The maximum absolute atomic E-state index is 12.1. The van der Waals surface area contributed by atoms with Gasteiger partial charge in [0.1, 0.15) is 0 Å². The number of nitrogens with one attached hydrogen (secondary N) is 1. The first-order chi connectivity index (χ1) is 11.4. The van der Waals surface area contributed by atoms with Crippen molar-refractivity contribution in [2.45, 2.75) is 32.5 Å². The van der Waals surface area contributed by atoms with Crippen LogP contribution in [-0.4, -0.2) is 36.8 Å². The van der Waals surface area contributed by atoms with Crippen LogP contribution >= 0.6 is 11.8 Å². The van der Waals surface area contributed by atoms with E-state index in [1.807, 2.05) is 13.8 Å². The van der Waals surface area contributed by atoms with Crippen molar-refractivity contribution in [3.63, 3.8) is 0 Å². The highest BCUT2D eigenvalue weighted by Gasteiger charge is 2.14. The molecule has 0 radical (unpaired) electrons. The lowest BCUT2D eigenvalue weighted by molar-refractivity contribution is -0.384. The summed E-state index contributed by atoms with van der Waals surface area (Å²) in [7, 11) is 0. The van der Waals surface area contributed by atoms with Gasteiger partial charge in [0.25, 0.3) is 5.69 Å².